The van der Waals surface area contributed by atoms with Crippen LogP contribution in [0.1, 0.15) is 0 Å². The summed E-state index contributed by atoms with van der Waals surface area (Å²) in [7, 11) is -4.64. The molecule has 0 aliphatic rings. The Balaban J connectivity index is 0. The summed E-state index contributed by atoms with van der Waals surface area (Å²) in [6, 6.07) is 0. The molecule has 0 amide bonds. The van der Waals surface area contributed by atoms with Crippen molar-refractivity contribution in [1.82, 2.24) is 0 Å². The zero-order valence-electron chi connectivity index (χ0n) is 6.21. The van der Waals surface area contributed by atoms with Crippen molar-refractivity contribution in [2.75, 3.05) is 5.88 Å². The molecule has 0 rings (SSSR count). The normalized spacial score (nSPS) is 12.9. The quantitative estimate of drug-likeness (QED) is 0.256. The molecule has 0 saturated heterocycles. The van der Waals surface area contributed by atoms with Gasteiger partial charge in [-0.25, -0.2) is 4.57 Å². The van der Waals surface area contributed by atoms with Crippen molar-refractivity contribution in [3.05, 3.63) is 0 Å². The Morgan fingerprint density at radius 2 is 1.75 bits per heavy atom. The second-order valence-corrected chi connectivity index (χ2v) is 4.11. The summed E-state index contributed by atoms with van der Waals surface area (Å²) in [6.07, 6.45) is -0.909. The van der Waals surface area contributed by atoms with E-state index in [2.05, 4.69) is 0 Å². The van der Waals surface area contributed by atoms with Crippen LogP contribution in [0.3, 0.4) is 0 Å². The summed E-state index contributed by atoms with van der Waals surface area (Å²) < 4.78 is 8.74. The first-order valence-corrected chi connectivity index (χ1v) is 5.81. The second kappa shape index (κ2) is 7.44. The number of carbonyl (C=O) groups excluding carboxylic acids is 1. The molecule has 12 heavy (non-hydrogen) atoms. The van der Waals surface area contributed by atoms with Gasteiger partial charge < -0.3 is 14.7 Å². The summed E-state index contributed by atoms with van der Waals surface area (Å²) in [4.78, 5) is 31.7. The number of aliphatic hydroxyl groups is 1. The van der Waals surface area contributed by atoms with Crippen molar-refractivity contribution >= 4 is 50.4 Å². The maximum absolute atomic E-state index is 10.1. The first-order valence-electron chi connectivity index (χ1n) is 2.71. The predicted octanol–water partition coefficient (Wildman–Crippen LogP) is -1.65. The zero-order chi connectivity index (χ0) is 10.4. The molecule has 0 fully saturated rings. The fraction of sp³-hybridized carbons (Fsp3) is 0.667. The number of rotatable bonds is 2. The third-order valence-corrected chi connectivity index (χ3v) is 1.57. The first-order chi connectivity index (χ1) is 5.18. The van der Waals surface area contributed by atoms with E-state index in [1.165, 1.54) is 0 Å². The third-order valence-electron chi connectivity index (χ3n) is 0.615. The Morgan fingerprint density at radius 3 is 1.75 bits per heavy atom. The molecule has 0 bridgehead atoms. The van der Waals surface area contributed by atoms with Crippen LogP contribution in [0.15, 0.2) is 0 Å². The third kappa shape index (κ3) is 22.5. The van der Waals surface area contributed by atoms with Gasteiger partial charge in [-0.1, -0.05) is 0 Å². The second-order valence-electron chi connectivity index (χ2n) is 1.79. The minimum absolute atomic E-state index is 0.0301. The molecule has 9 heteroatoms. The van der Waals surface area contributed by atoms with Crippen LogP contribution in [0.5, 0.6) is 0 Å². The van der Waals surface area contributed by atoms with Gasteiger partial charge in [-0.3, -0.25) is 0 Å². The van der Waals surface area contributed by atoms with E-state index in [9.17, 15) is 4.79 Å². The average molecular weight is 228 g/mol. The van der Waals surface area contributed by atoms with Gasteiger partial charge in [-0.2, -0.15) is 0 Å². The van der Waals surface area contributed by atoms with Crippen LogP contribution < -0.4 is 0 Å². The Morgan fingerprint density at radius 1 is 1.50 bits per heavy atom. The molecule has 0 spiro atoms. The number of hydrogen-bond acceptors (Lipinski definition) is 3. The fourth-order valence-electron chi connectivity index (χ4n) is 0.109. The molecule has 4 N–H and O–H groups in total. The summed E-state index contributed by atoms with van der Waals surface area (Å²) >= 11 is 5.49. The van der Waals surface area contributed by atoms with Gasteiger partial charge in [0.15, 0.2) is 0 Å². The predicted molar refractivity (Wildman–Crippen MR) is 41.8 cm³/mol. The molecule has 0 aromatic rings. The molecule has 68 valence electrons. The minimum atomic E-state index is -4.64. The molecule has 0 aliphatic heterocycles. The van der Waals surface area contributed by atoms with Gasteiger partial charge in [0, 0.05) is 0 Å². The Kier molecular flexibility index (Phi) is 9.60. The monoisotopic (exact) mass is 228 g/mol. The van der Waals surface area contributed by atoms with Crippen LogP contribution in [0.2, 0.25) is 0 Å². The molecule has 0 aromatic heterocycles. The van der Waals surface area contributed by atoms with Crippen LogP contribution in [-0.4, -0.2) is 62.7 Å². The fourth-order valence-corrected chi connectivity index (χ4v) is 0.789. The van der Waals surface area contributed by atoms with Crippen LogP contribution in [-0.2, 0) is 9.36 Å². The summed E-state index contributed by atoms with van der Waals surface area (Å²) in [5.41, 5.74) is 0. The Hall–Kier alpha value is 1.03. The molecule has 0 aliphatic carbocycles. The van der Waals surface area contributed by atoms with E-state index in [1.807, 2.05) is 0 Å². The molecule has 6 nitrogen and oxygen atoms in total. The molecule has 0 aromatic carbocycles. The van der Waals surface area contributed by atoms with Crippen molar-refractivity contribution < 1.29 is 29.1 Å². The van der Waals surface area contributed by atoms with Gasteiger partial charge in [0.05, 0.1) is 0 Å². The van der Waals surface area contributed by atoms with Crippen LogP contribution in [0.25, 0.3) is 0 Å². The van der Waals surface area contributed by atoms with Crippen molar-refractivity contribution in [3.8, 4) is 0 Å². The van der Waals surface area contributed by atoms with Gasteiger partial charge >= 0.3 is 72.3 Å². The summed E-state index contributed by atoms with van der Waals surface area (Å²) in [5, 5.41) is 8.49. The number of halogens is 1. The first kappa shape index (κ1) is 15.5. The molecular formula is C3H7ClNaO6P. The number of hydrogen-bond donors (Lipinski definition) is 4. The van der Waals surface area contributed by atoms with E-state index in [4.69, 9.17) is 36.0 Å². The standard InChI is InChI=1S/C3H4ClO2.Na.H3O4P/c4-1-3(6)2-5;;1-5(2,3)4/h3,6H,1H2;;(H3,1,2,3,4). The molecule has 0 heterocycles. The molecule has 0 radical (unpaired) electrons. The Labute approximate surface area is 91.2 Å². The summed E-state index contributed by atoms with van der Waals surface area (Å²) in [6.45, 7) is 0. The number of aliphatic hydroxyl groups excluding tert-OH is 1. The van der Waals surface area contributed by atoms with Crippen molar-refractivity contribution in [2.45, 2.75) is 6.10 Å². The molecule has 0 saturated carbocycles. The number of carbonyl (C=O) groups is 1. The number of phosphoric acid groups is 1. The zero-order valence-corrected chi connectivity index (χ0v) is 9.87. The van der Waals surface area contributed by atoms with Crippen molar-refractivity contribution in [3.63, 3.8) is 0 Å². The Bertz CT molecular complexity index is 171. The topological polar surface area (TPSA) is 115 Å². The number of alkyl halides is 1. The van der Waals surface area contributed by atoms with Gasteiger partial charge in [-0.05, 0) is 0 Å². The van der Waals surface area contributed by atoms with E-state index in [1.54, 1.807) is 0 Å². The van der Waals surface area contributed by atoms with E-state index in [-0.39, 0.29) is 8.91 Å². The van der Waals surface area contributed by atoms with E-state index < -0.39 is 13.9 Å². The molecule has 1 unspecified atom stereocenters. The van der Waals surface area contributed by atoms with Gasteiger partial charge in [-0.15, -0.1) is 0 Å². The van der Waals surface area contributed by atoms with E-state index >= 15 is 0 Å². The van der Waals surface area contributed by atoms with Gasteiger partial charge in [0.25, 0.3) is 0 Å². The van der Waals surface area contributed by atoms with Crippen LogP contribution >= 0.6 is 19.4 Å². The SMILES string of the molecule is O=P(O)(O)O.O=[C]([Na])C(O)CCl. The average Bonchev–Trinajstić information content (AvgIpc) is 1.82. The van der Waals surface area contributed by atoms with Crippen LogP contribution in [0, 0.1) is 0 Å². The van der Waals surface area contributed by atoms with Gasteiger partial charge in [0.1, 0.15) is 0 Å². The van der Waals surface area contributed by atoms with E-state index in [0.717, 1.165) is 0 Å². The van der Waals surface area contributed by atoms with Gasteiger partial charge in [0.2, 0.25) is 0 Å². The van der Waals surface area contributed by atoms with E-state index in [0.29, 0.717) is 27.9 Å². The molecule has 1 atom stereocenters. The molecular weight excluding hydrogens is 221 g/mol. The summed E-state index contributed by atoms with van der Waals surface area (Å²) in [5.74, 6) is 0.0301. The maximum atomic E-state index is 10.1. The van der Waals surface area contributed by atoms with Crippen molar-refractivity contribution in [2.24, 2.45) is 0 Å². The van der Waals surface area contributed by atoms with Crippen molar-refractivity contribution in [1.29, 1.82) is 0 Å². The van der Waals surface area contributed by atoms with Crippen LogP contribution in [0.4, 0.5) is 0 Å².